The molecule has 0 saturated heterocycles. The third-order valence-corrected chi connectivity index (χ3v) is 4.63. The van der Waals surface area contributed by atoms with Crippen LogP contribution in [0.3, 0.4) is 0 Å². The second-order valence-corrected chi connectivity index (χ2v) is 7.32. The van der Waals surface area contributed by atoms with E-state index in [1.807, 2.05) is 13.8 Å². The van der Waals surface area contributed by atoms with Gasteiger partial charge >= 0.3 is 5.97 Å². The number of ketones is 1. The zero-order chi connectivity index (χ0) is 17.7. The molecule has 0 radical (unpaired) electrons. The van der Waals surface area contributed by atoms with Crippen molar-refractivity contribution >= 4 is 21.9 Å². The number of Topliss-reactive ketones (excluding diaryl/α,β-unsaturated/α-hetero) is 1. The van der Waals surface area contributed by atoms with Gasteiger partial charge in [0.15, 0.2) is 5.25 Å². The largest absolute Gasteiger partial charge is 0.747 e. The molecule has 0 aromatic carbocycles. The van der Waals surface area contributed by atoms with Crippen molar-refractivity contribution in [2.45, 2.75) is 83.3 Å². The number of ether oxygens (including phenoxy) is 1. The molecule has 0 aliphatic rings. The Balaban J connectivity index is 4.36. The molecule has 0 aromatic rings. The van der Waals surface area contributed by atoms with Gasteiger partial charge in [0.2, 0.25) is 0 Å². The van der Waals surface area contributed by atoms with Crippen molar-refractivity contribution in [1.29, 1.82) is 0 Å². The fraction of sp³-hybridized carbons (Fsp3) is 0.875. The summed E-state index contributed by atoms with van der Waals surface area (Å²) >= 11 is 0. The Hall–Kier alpha value is -0.950. The maximum Gasteiger partial charge on any atom is 0.323 e. The lowest BCUT2D eigenvalue weighted by atomic mass is 10.1. The van der Waals surface area contributed by atoms with Gasteiger partial charge in [0.1, 0.15) is 15.9 Å². The van der Waals surface area contributed by atoms with E-state index in [1.165, 1.54) is 0 Å². The minimum atomic E-state index is -4.89. The molecule has 23 heavy (non-hydrogen) atoms. The van der Waals surface area contributed by atoms with Crippen LogP contribution in [0.4, 0.5) is 0 Å². The summed E-state index contributed by atoms with van der Waals surface area (Å²) in [4.78, 5) is 23.6. The molecule has 0 N–H and O–H groups in total. The molecule has 0 spiro atoms. The van der Waals surface area contributed by atoms with Crippen molar-refractivity contribution in [3.8, 4) is 0 Å². The highest BCUT2D eigenvalue weighted by atomic mass is 32.2. The predicted molar refractivity (Wildman–Crippen MR) is 87.0 cm³/mol. The summed E-state index contributed by atoms with van der Waals surface area (Å²) in [6.45, 7) is 4.16. The van der Waals surface area contributed by atoms with Crippen LogP contribution in [0.2, 0.25) is 0 Å². The number of hydrogen-bond acceptors (Lipinski definition) is 6. The predicted octanol–water partition coefficient (Wildman–Crippen LogP) is 2.95. The van der Waals surface area contributed by atoms with Crippen molar-refractivity contribution in [2.24, 2.45) is 0 Å². The highest BCUT2D eigenvalue weighted by Gasteiger charge is 2.29. The lowest BCUT2D eigenvalue weighted by molar-refractivity contribution is -0.144. The molecule has 0 bridgehead atoms. The average Bonchev–Trinajstić information content (AvgIpc) is 2.47. The van der Waals surface area contributed by atoms with Crippen molar-refractivity contribution in [1.82, 2.24) is 0 Å². The highest BCUT2D eigenvalue weighted by molar-refractivity contribution is 7.87. The smallest absolute Gasteiger partial charge is 0.323 e. The summed E-state index contributed by atoms with van der Waals surface area (Å²) in [7, 11) is -4.89. The fourth-order valence-electron chi connectivity index (χ4n) is 2.16. The molecule has 6 nitrogen and oxygen atoms in total. The molecule has 0 aliphatic carbocycles. The Labute approximate surface area is 139 Å². The van der Waals surface area contributed by atoms with E-state index < -0.39 is 27.8 Å². The van der Waals surface area contributed by atoms with E-state index in [0.29, 0.717) is 12.8 Å². The van der Waals surface area contributed by atoms with Gasteiger partial charge in [-0.1, -0.05) is 52.4 Å². The Morgan fingerprint density at radius 3 is 2.04 bits per heavy atom. The van der Waals surface area contributed by atoms with E-state index >= 15 is 0 Å². The van der Waals surface area contributed by atoms with Crippen LogP contribution >= 0.6 is 0 Å². The van der Waals surface area contributed by atoms with Crippen LogP contribution in [-0.4, -0.2) is 36.6 Å². The molecule has 0 fully saturated rings. The van der Waals surface area contributed by atoms with Crippen LogP contribution in [0.1, 0.15) is 78.1 Å². The van der Waals surface area contributed by atoms with E-state index in [1.54, 1.807) is 0 Å². The van der Waals surface area contributed by atoms with E-state index in [-0.39, 0.29) is 18.8 Å². The molecule has 0 heterocycles. The molecule has 0 amide bonds. The molecular formula is C16H29O6S-. The Morgan fingerprint density at radius 2 is 1.52 bits per heavy atom. The monoisotopic (exact) mass is 349 g/mol. The summed E-state index contributed by atoms with van der Waals surface area (Å²) in [5, 5.41) is -1.91. The zero-order valence-electron chi connectivity index (χ0n) is 14.2. The first-order chi connectivity index (χ1) is 10.8. The van der Waals surface area contributed by atoms with Gasteiger partial charge in [0.25, 0.3) is 0 Å². The summed E-state index contributed by atoms with van der Waals surface area (Å²) in [6.07, 6.45) is 6.66. The molecule has 0 aromatic heterocycles. The van der Waals surface area contributed by atoms with Gasteiger partial charge in [-0.3, -0.25) is 9.59 Å². The van der Waals surface area contributed by atoms with Gasteiger partial charge in [0.05, 0.1) is 6.61 Å². The Kier molecular flexibility index (Phi) is 12.0. The second-order valence-electron chi connectivity index (χ2n) is 5.76. The number of rotatable bonds is 14. The van der Waals surface area contributed by atoms with Gasteiger partial charge in [-0.15, -0.1) is 0 Å². The maximum atomic E-state index is 11.8. The second kappa shape index (κ2) is 12.5. The van der Waals surface area contributed by atoms with Crippen LogP contribution in [0, 0.1) is 0 Å². The quantitative estimate of drug-likeness (QED) is 0.271. The average molecular weight is 349 g/mol. The summed E-state index contributed by atoms with van der Waals surface area (Å²) in [5.41, 5.74) is 0. The van der Waals surface area contributed by atoms with Crippen LogP contribution < -0.4 is 0 Å². The van der Waals surface area contributed by atoms with Gasteiger partial charge in [-0.05, 0) is 12.8 Å². The van der Waals surface area contributed by atoms with E-state index in [9.17, 15) is 22.6 Å². The number of esters is 1. The van der Waals surface area contributed by atoms with Crippen LogP contribution in [0.25, 0.3) is 0 Å². The van der Waals surface area contributed by atoms with Crippen molar-refractivity contribution < 1.29 is 27.3 Å². The number of carbonyl (C=O) groups excluding carboxylic acids is 2. The third kappa shape index (κ3) is 11.3. The van der Waals surface area contributed by atoms with E-state index in [4.69, 9.17) is 4.74 Å². The number of unbranched alkanes of at least 4 members (excludes halogenated alkanes) is 6. The first kappa shape index (κ1) is 22.1. The van der Waals surface area contributed by atoms with E-state index in [0.717, 1.165) is 38.5 Å². The van der Waals surface area contributed by atoms with Crippen molar-refractivity contribution in [3.05, 3.63) is 0 Å². The van der Waals surface area contributed by atoms with Crippen molar-refractivity contribution in [3.63, 3.8) is 0 Å². The summed E-state index contributed by atoms with van der Waals surface area (Å²) < 4.78 is 38.5. The lowest BCUT2D eigenvalue weighted by Crippen LogP contribution is -2.34. The topological polar surface area (TPSA) is 101 Å². The van der Waals surface area contributed by atoms with Crippen LogP contribution in [0.15, 0.2) is 0 Å². The van der Waals surface area contributed by atoms with Gasteiger partial charge in [-0.25, -0.2) is 8.42 Å². The molecule has 1 unspecified atom stereocenters. The van der Waals surface area contributed by atoms with Crippen LogP contribution in [-0.2, 0) is 24.4 Å². The number of carbonyl (C=O) groups is 2. The SMILES string of the molecule is CCCCCCOC(=O)C(CC(=O)CCCCCC)S(=O)(=O)[O-]. The highest BCUT2D eigenvalue weighted by Crippen LogP contribution is 2.12. The lowest BCUT2D eigenvalue weighted by Gasteiger charge is -2.18. The molecule has 0 aliphatic heterocycles. The summed E-state index contributed by atoms with van der Waals surface area (Å²) in [5.74, 6) is -1.48. The fourth-order valence-corrected chi connectivity index (χ4v) is 2.85. The first-order valence-corrected chi connectivity index (χ1v) is 9.93. The van der Waals surface area contributed by atoms with Gasteiger partial charge in [-0.2, -0.15) is 0 Å². The molecule has 1 atom stereocenters. The first-order valence-electron chi connectivity index (χ1n) is 8.45. The normalized spacial score (nSPS) is 12.8. The van der Waals surface area contributed by atoms with E-state index in [2.05, 4.69) is 0 Å². The van der Waals surface area contributed by atoms with Crippen LogP contribution in [0.5, 0.6) is 0 Å². The standard InChI is InChI=1S/C16H30O6S/c1-3-5-7-9-11-14(17)13-15(23(19,20)21)16(18)22-12-10-8-6-4-2/h15H,3-13H2,1-2H3,(H,19,20,21)/p-1. The molecule has 0 rings (SSSR count). The minimum Gasteiger partial charge on any atom is -0.747 e. The molecule has 0 saturated carbocycles. The Bertz CT molecular complexity index is 443. The van der Waals surface area contributed by atoms with Crippen molar-refractivity contribution in [2.75, 3.05) is 6.61 Å². The number of hydrogen-bond donors (Lipinski definition) is 0. The Morgan fingerprint density at radius 1 is 0.957 bits per heavy atom. The molecular weight excluding hydrogens is 320 g/mol. The van der Waals surface area contributed by atoms with Gasteiger partial charge in [0, 0.05) is 12.8 Å². The summed E-state index contributed by atoms with van der Waals surface area (Å²) in [6, 6.07) is 0. The molecule has 7 heteroatoms. The maximum absolute atomic E-state index is 11.8. The minimum absolute atomic E-state index is 0.0789. The van der Waals surface area contributed by atoms with Gasteiger partial charge < -0.3 is 9.29 Å². The zero-order valence-corrected chi connectivity index (χ0v) is 15.0. The molecule has 136 valence electrons. The third-order valence-electron chi connectivity index (χ3n) is 3.58.